The first kappa shape index (κ1) is 17.5. The molecular formula is C19H19N3O4S. The van der Waals surface area contributed by atoms with Crippen LogP contribution in [0.15, 0.2) is 41.8 Å². The maximum atomic E-state index is 12.8. The number of rotatable bonds is 4. The smallest absolute Gasteiger partial charge is 0.261 e. The number of benzene rings is 1. The summed E-state index contributed by atoms with van der Waals surface area (Å²) in [5, 5.41) is 16.9. The van der Waals surface area contributed by atoms with Crippen LogP contribution in [0.25, 0.3) is 0 Å². The molecule has 1 aromatic heterocycles. The Morgan fingerprint density at radius 3 is 2.74 bits per heavy atom. The molecule has 2 fully saturated rings. The second-order valence-electron chi connectivity index (χ2n) is 6.82. The molecule has 2 saturated heterocycles. The molecule has 8 heteroatoms. The lowest BCUT2D eigenvalue weighted by Gasteiger charge is -2.34. The average Bonchev–Trinajstić information content (AvgIpc) is 3.31. The van der Waals surface area contributed by atoms with E-state index in [1.165, 1.54) is 11.3 Å². The molecule has 4 rings (SSSR count). The van der Waals surface area contributed by atoms with Crippen molar-refractivity contribution in [3.8, 4) is 5.75 Å². The Labute approximate surface area is 160 Å². The minimum absolute atomic E-state index is 0.138. The maximum Gasteiger partial charge on any atom is 0.261 e. The number of nitrogens with zero attached hydrogens (tertiary/aromatic N) is 1. The number of carbonyl (C=O) groups is 3. The summed E-state index contributed by atoms with van der Waals surface area (Å²) in [6.45, 7) is 0.333. The molecule has 7 nitrogen and oxygen atoms in total. The normalized spacial score (nSPS) is 24.4. The lowest BCUT2D eigenvalue weighted by Crippen LogP contribution is -2.61. The lowest BCUT2D eigenvalue weighted by molar-refractivity contribution is -0.147. The number of hydrogen-bond donors (Lipinski definition) is 3. The SMILES string of the molecule is O=C(N[C@H]1C[C@H]2C(=O)N[C@H](Cc3ccc(O)cc3)C(=O)N2C1)c1cccs1. The number of amides is 3. The number of phenols is 1. The van der Waals surface area contributed by atoms with Crippen LogP contribution in [0, 0.1) is 0 Å². The first-order valence-electron chi connectivity index (χ1n) is 8.74. The average molecular weight is 385 g/mol. The van der Waals surface area contributed by atoms with Gasteiger partial charge < -0.3 is 20.6 Å². The summed E-state index contributed by atoms with van der Waals surface area (Å²) in [7, 11) is 0. The molecular weight excluding hydrogens is 366 g/mol. The third-order valence-electron chi connectivity index (χ3n) is 4.96. The van der Waals surface area contributed by atoms with E-state index in [4.69, 9.17) is 0 Å². The predicted octanol–water partition coefficient (Wildman–Crippen LogP) is 0.894. The fourth-order valence-corrected chi connectivity index (χ4v) is 4.26. The van der Waals surface area contributed by atoms with Crippen LogP contribution in [0.1, 0.15) is 21.7 Å². The standard InChI is InChI=1S/C19H19N3O4S/c23-13-5-3-11(4-6-13)8-14-19(26)22-10-12(9-15(22)17(24)21-14)20-18(25)16-2-1-7-27-16/h1-7,12,14-15,23H,8-10H2,(H,20,25)(H,21,24)/t12-,14+,15-/m0/s1. The Balaban J connectivity index is 1.43. The van der Waals surface area contributed by atoms with Crippen molar-refractivity contribution in [3.63, 3.8) is 0 Å². The molecule has 0 aliphatic carbocycles. The van der Waals surface area contributed by atoms with Gasteiger partial charge in [-0.2, -0.15) is 0 Å². The third kappa shape index (κ3) is 3.52. The topological polar surface area (TPSA) is 98.7 Å². The largest absolute Gasteiger partial charge is 0.508 e. The van der Waals surface area contributed by atoms with Crippen LogP contribution < -0.4 is 10.6 Å². The molecule has 0 spiro atoms. The van der Waals surface area contributed by atoms with E-state index in [-0.39, 0.29) is 29.5 Å². The highest BCUT2D eigenvalue weighted by Gasteiger charge is 2.46. The van der Waals surface area contributed by atoms with Gasteiger partial charge in [-0.3, -0.25) is 14.4 Å². The van der Waals surface area contributed by atoms with Gasteiger partial charge in [-0.25, -0.2) is 0 Å². The number of carbonyl (C=O) groups excluding carboxylic acids is 3. The van der Waals surface area contributed by atoms with Crippen molar-refractivity contribution in [2.75, 3.05) is 6.54 Å². The summed E-state index contributed by atoms with van der Waals surface area (Å²) in [6, 6.07) is 8.71. The van der Waals surface area contributed by atoms with Gasteiger partial charge in [-0.15, -0.1) is 11.3 Å². The molecule has 2 aliphatic heterocycles. The van der Waals surface area contributed by atoms with Gasteiger partial charge in [0.1, 0.15) is 17.8 Å². The van der Waals surface area contributed by atoms with E-state index in [0.717, 1.165) is 5.56 Å². The van der Waals surface area contributed by atoms with Crippen LogP contribution in [0.2, 0.25) is 0 Å². The van der Waals surface area contributed by atoms with Crippen molar-refractivity contribution in [3.05, 3.63) is 52.2 Å². The van der Waals surface area contributed by atoms with E-state index in [2.05, 4.69) is 10.6 Å². The minimum atomic E-state index is -0.634. The molecule has 0 bridgehead atoms. The van der Waals surface area contributed by atoms with Crippen molar-refractivity contribution in [1.29, 1.82) is 0 Å². The van der Waals surface area contributed by atoms with E-state index in [1.54, 1.807) is 35.2 Å². The predicted molar refractivity (Wildman–Crippen MR) is 99.4 cm³/mol. The lowest BCUT2D eigenvalue weighted by atomic mass is 10.0. The van der Waals surface area contributed by atoms with Crippen molar-refractivity contribution >= 4 is 29.1 Å². The number of piperazine rings is 1. The molecule has 140 valence electrons. The fourth-order valence-electron chi connectivity index (χ4n) is 3.63. The first-order chi connectivity index (χ1) is 13.0. The van der Waals surface area contributed by atoms with Crippen LogP contribution >= 0.6 is 11.3 Å². The Morgan fingerprint density at radius 2 is 2.04 bits per heavy atom. The first-order valence-corrected chi connectivity index (χ1v) is 9.62. The number of aromatic hydroxyl groups is 1. The van der Waals surface area contributed by atoms with Gasteiger partial charge >= 0.3 is 0 Å². The molecule has 0 radical (unpaired) electrons. The number of phenolic OH excluding ortho intramolecular Hbond substituents is 1. The molecule has 1 aromatic carbocycles. The maximum absolute atomic E-state index is 12.8. The summed E-state index contributed by atoms with van der Waals surface area (Å²) < 4.78 is 0. The van der Waals surface area contributed by atoms with Crippen molar-refractivity contribution in [2.24, 2.45) is 0 Å². The van der Waals surface area contributed by atoms with E-state index in [9.17, 15) is 19.5 Å². The van der Waals surface area contributed by atoms with E-state index in [0.29, 0.717) is 24.3 Å². The Kier molecular flexibility index (Phi) is 4.57. The Morgan fingerprint density at radius 1 is 1.26 bits per heavy atom. The molecule has 2 aromatic rings. The summed E-state index contributed by atoms with van der Waals surface area (Å²) in [6.07, 6.45) is 0.779. The van der Waals surface area contributed by atoms with Crippen molar-refractivity contribution in [1.82, 2.24) is 15.5 Å². The van der Waals surface area contributed by atoms with Crippen molar-refractivity contribution in [2.45, 2.75) is 31.0 Å². The number of thiophene rings is 1. The number of fused-ring (bicyclic) bond motifs is 1. The highest BCUT2D eigenvalue weighted by molar-refractivity contribution is 7.12. The quantitative estimate of drug-likeness (QED) is 0.728. The van der Waals surface area contributed by atoms with Crippen LogP contribution in [-0.4, -0.2) is 52.4 Å². The molecule has 3 amide bonds. The van der Waals surface area contributed by atoms with Gasteiger partial charge in [0, 0.05) is 19.0 Å². The van der Waals surface area contributed by atoms with Gasteiger partial charge in [0.15, 0.2) is 0 Å². The molecule has 3 heterocycles. The molecule has 3 N–H and O–H groups in total. The van der Waals surface area contributed by atoms with Gasteiger partial charge in [-0.05, 0) is 35.6 Å². The van der Waals surface area contributed by atoms with E-state index < -0.39 is 12.1 Å². The van der Waals surface area contributed by atoms with Gasteiger partial charge in [0.05, 0.1) is 4.88 Å². The van der Waals surface area contributed by atoms with Gasteiger partial charge in [0.25, 0.3) is 5.91 Å². The number of hydrogen-bond acceptors (Lipinski definition) is 5. The minimum Gasteiger partial charge on any atom is -0.508 e. The summed E-state index contributed by atoms with van der Waals surface area (Å²) in [5.41, 5.74) is 0.853. The number of nitrogens with one attached hydrogen (secondary N) is 2. The molecule has 0 unspecified atom stereocenters. The highest BCUT2D eigenvalue weighted by atomic mass is 32.1. The molecule has 2 aliphatic rings. The molecule has 3 atom stereocenters. The molecule has 27 heavy (non-hydrogen) atoms. The second-order valence-corrected chi connectivity index (χ2v) is 7.77. The Hall–Kier alpha value is -2.87. The van der Waals surface area contributed by atoms with Gasteiger partial charge in [-0.1, -0.05) is 18.2 Å². The summed E-state index contributed by atoms with van der Waals surface area (Å²) in [4.78, 5) is 39.7. The fraction of sp³-hybridized carbons (Fsp3) is 0.316. The van der Waals surface area contributed by atoms with Crippen LogP contribution in [0.4, 0.5) is 0 Å². The van der Waals surface area contributed by atoms with E-state index >= 15 is 0 Å². The van der Waals surface area contributed by atoms with Crippen LogP contribution in [0.5, 0.6) is 5.75 Å². The Bertz CT molecular complexity index is 866. The van der Waals surface area contributed by atoms with Crippen LogP contribution in [0.3, 0.4) is 0 Å². The second kappa shape index (κ2) is 7.03. The van der Waals surface area contributed by atoms with Gasteiger partial charge in [0.2, 0.25) is 11.8 Å². The molecule has 0 saturated carbocycles. The zero-order chi connectivity index (χ0) is 19.0. The summed E-state index contributed by atoms with van der Waals surface area (Å²) in [5.74, 6) is -0.350. The zero-order valence-electron chi connectivity index (χ0n) is 14.4. The summed E-state index contributed by atoms with van der Waals surface area (Å²) >= 11 is 1.35. The van der Waals surface area contributed by atoms with E-state index in [1.807, 2.05) is 11.4 Å². The monoisotopic (exact) mass is 385 g/mol. The van der Waals surface area contributed by atoms with Crippen molar-refractivity contribution < 1.29 is 19.5 Å². The third-order valence-corrected chi connectivity index (χ3v) is 5.83. The van der Waals surface area contributed by atoms with Crippen LogP contribution in [-0.2, 0) is 16.0 Å². The zero-order valence-corrected chi connectivity index (χ0v) is 15.2. The highest BCUT2D eigenvalue weighted by Crippen LogP contribution is 2.25.